The van der Waals surface area contributed by atoms with E-state index in [1.54, 1.807) is 0 Å². The lowest BCUT2D eigenvalue weighted by molar-refractivity contribution is -0.00102. The van der Waals surface area contributed by atoms with Crippen LogP contribution in [0.25, 0.3) is 0 Å². The van der Waals surface area contributed by atoms with Gasteiger partial charge in [-0.1, -0.05) is 20.8 Å². The maximum absolute atomic E-state index is 5.55. The molecule has 0 aromatic carbocycles. The topological polar surface area (TPSA) is 24.5 Å². The van der Waals surface area contributed by atoms with E-state index < -0.39 is 0 Å². The molecule has 2 unspecified atom stereocenters. The van der Waals surface area contributed by atoms with Crippen LogP contribution in [0.1, 0.15) is 53.9 Å². The first kappa shape index (κ1) is 16.9. The summed E-state index contributed by atoms with van der Waals surface area (Å²) in [6.07, 6.45) is 3.61. The average Bonchev–Trinajstić information content (AvgIpc) is 2.36. The van der Waals surface area contributed by atoms with Crippen molar-refractivity contribution in [3.63, 3.8) is 0 Å². The number of piperazine rings is 1. The van der Waals surface area contributed by atoms with E-state index in [0.29, 0.717) is 12.1 Å². The molecule has 3 heteroatoms. The van der Waals surface area contributed by atoms with Crippen molar-refractivity contribution < 1.29 is 4.74 Å². The number of hydrogen-bond donors (Lipinski definition) is 1. The van der Waals surface area contributed by atoms with Crippen LogP contribution in [0, 0.1) is 5.92 Å². The fraction of sp³-hybridized carbons (Fsp3) is 1.00. The molecule has 1 heterocycles. The number of nitrogens with one attached hydrogen (secondary N) is 1. The summed E-state index contributed by atoms with van der Waals surface area (Å²) in [5.41, 5.74) is -0.00326. The van der Waals surface area contributed by atoms with Crippen LogP contribution in [-0.2, 0) is 4.74 Å². The van der Waals surface area contributed by atoms with Gasteiger partial charge in [-0.15, -0.1) is 0 Å². The van der Waals surface area contributed by atoms with Crippen LogP contribution in [0.4, 0.5) is 0 Å². The maximum atomic E-state index is 5.55. The van der Waals surface area contributed by atoms with Crippen molar-refractivity contribution in [1.82, 2.24) is 10.2 Å². The highest BCUT2D eigenvalue weighted by Gasteiger charge is 2.28. The summed E-state index contributed by atoms with van der Waals surface area (Å²) < 4.78 is 5.55. The Kier molecular flexibility index (Phi) is 6.78. The molecule has 3 nitrogen and oxygen atoms in total. The molecular weight excluding hydrogens is 236 g/mol. The predicted molar refractivity (Wildman–Crippen MR) is 82.6 cm³/mol. The first-order chi connectivity index (χ1) is 8.88. The van der Waals surface area contributed by atoms with Crippen LogP contribution in [0.15, 0.2) is 0 Å². The minimum atomic E-state index is -0.00326. The Hall–Kier alpha value is -0.120. The third kappa shape index (κ3) is 5.80. The minimum Gasteiger partial charge on any atom is -0.379 e. The summed E-state index contributed by atoms with van der Waals surface area (Å²) >= 11 is 0. The molecule has 0 aromatic heterocycles. The highest BCUT2D eigenvalue weighted by Crippen LogP contribution is 2.19. The van der Waals surface area contributed by atoms with Gasteiger partial charge in [-0.25, -0.2) is 0 Å². The smallest absolute Gasteiger partial charge is 0.0634 e. The summed E-state index contributed by atoms with van der Waals surface area (Å²) in [4.78, 5) is 2.67. The van der Waals surface area contributed by atoms with Crippen molar-refractivity contribution in [1.29, 1.82) is 0 Å². The Morgan fingerprint density at radius 3 is 2.58 bits per heavy atom. The third-order valence-corrected chi connectivity index (χ3v) is 4.39. The number of hydrogen-bond acceptors (Lipinski definition) is 3. The molecule has 0 bridgehead atoms. The molecule has 1 rings (SSSR count). The zero-order valence-electron chi connectivity index (χ0n) is 13.8. The highest BCUT2D eigenvalue weighted by atomic mass is 16.5. The van der Waals surface area contributed by atoms with Crippen molar-refractivity contribution in [2.45, 2.75) is 71.6 Å². The molecule has 1 aliphatic rings. The van der Waals surface area contributed by atoms with E-state index in [2.05, 4.69) is 44.8 Å². The van der Waals surface area contributed by atoms with E-state index in [0.717, 1.165) is 25.4 Å². The molecule has 0 saturated carbocycles. The van der Waals surface area contributed by atoms with Gasteiger partial charge in [0.1, 0.15) is 0 Å². The van der Waals surface area contributed by atoms with Crippen LogP contribution in [-0.4, -0.2) is 49.3 Å². The van der Waals surface area contributed by atoms with Crippen LogP contribution in [0.2, 0.25) is 0 Å². The van der Waals surface area contributed by atoms with Gasteiger partial charge >= 0.3 is 0 Å². The fourth-order valence-corrected chi connectivity index (χ4v) is 2.85. The quantitative estimate of drug-likeness (QED) is 0.770. The second kappa shape index (κ2) is 7.61. The molecule has 0 amide bonds. The van der Waals surface area contributed by atoms with Crippen LogP contribution in [0.5, 0.6) is 0 Å². The summed E-state index contributed by atoms with van der Waals surface area (Å²) in [6, 6.07) is 1.35. The van der Waals surface area contributed by atoms with Crippen LogP contribution in [0.3, 0.4) is 0 Å². The van der Waals surface area contributed by atoms with E-state index in [1.807, 2.05) is 7.11 Å². The van der Waals surface area contributed by atoms with E-state index in [-0.39, 0.29) is 5.60 Å². The van der Waals surface area contributed by atoms with Gasteiger partial charge in [-0.3, -0.25) is 4.90 Å². The van der Waals surface area contributed by atoms with Gasteiger partial charge in [-0.2, -0.15) is 0 Å². The zero-order chi connectivity index (χ0) is 14.5. The lowest BCUT2D eigenvalue weighted by Gasteiger charge is -2.42. The van der Waals surface area contributed by atoms with Crippen molar-refractivity contribution >= 4 is 0 Å². The van der Waals surface area contributed by atoms with E-state index in [1.165, 1.54) is 19.4 Å². The Balaban J connectivity index is 2.50. The molecule has 114 valence electrons. The lowest BCUT2D eigenvalue weighted by atomic mass is 9.97. The molecule has 19 heavy (non-hydrogen) atoms. The summed E-state index contributed by atoms with van der Waals surface area (Å²) in [5, 5.41) is 3.72. The van der Waals surface area contributed by atoms with Gasteiger partial charge < -0.3 is 10.1 Å². The molecule has 0 aromatic rings. The molecule has 0 aliphatic carbocycles. The molecule has 0 radical (unpaired) electrons. The minimum absolute atomic E-state index is 0.00326. The van der Waals surface area contributed by atoms with Gasteiger partial charge in [0, 0.05) is 38.8 Å². The van der Waals surface area contributed by atoms with Crippen LogP contribution < -0.4 is 5.32 Å². The molecular formula is C16H34N2O. The van der Waals surface area contributed by atoms with E-state index >= 15 is 0 Å². The van der Waals surface area contributed by atoms with Crippen molar-refractivity contribution in [3.05, 3.63) is 0 Å². The van der Waals surface area contributed by atoms with Crippen molar-refractivity contribution in [2.75, 3.05) is 26.7 Å². The zero-order valence-corrected chi connectivity index (χ0v) is 13.8. The largest absolute Gasteiger partial charge is 0.379 e. The molecule has 1 N–H and O–H groups in total. The van der Waals surface area contributed by atoms with E-state index in [9.17, 15) is 0 Å². The molecule has 1 fully saturated rings. The summed E-state index contributed by atoms with van der Waals surface area (Å²) in [7, 11) is 1.82. The Morgan fingerprint density at radius 1 is 1.37 bits per heavy atom. The Morgan fingerprint density at radius 2 is 2.05 bits per heavy atom. The molecule has 1 saturated heterocycles. The first-order valence-electron chi connectivity index (χ1n) is 7.90. The SMILES string of the molecule is CCC1CNC(CC(C)C)CN1CCC(C)(C)OC. The number of rotatable bonds is 7. The number of methoxy groups -OCH3 is 1. The normalized spacial score (nSPS) is 26.1. The standard InChI is InChI=1S/C16H34N2O/c1-7-15-11-17-14(10-13(2)3)12-18(15)9-8-16(4,5)19-6/h13-15,17H,7-12H2,1-6H3. The second-order valence-corrected chi connectivity index (χ2v) is 7.01. The van der Waals surface area contributed by atoms with Gasteiger partial charge in [0.25, 0.3) is 0 Å². The second-order valence-electron chi connectivity index (χ2n) is 7.01. The lowest BCUT2D eigenvalue weighted by Crippen LogP contribution is -2.57. The van der Waals surface area contributed by atoms with Gasteiger partial charge in [-0.05, 0) is 39.0 Å². The predicted octanol–water partition coefficient (Wildman–Crippen LogP) is 2.90. The van der Waals surface area contributed by atoms with Crippen molar-refractivity contribution in [2.24, 2.45) is 5.92 Å². The monoisotopic (exact) mass is 270 g/mol. The summed E-state index contributed by atoms with van der Waals surface area (Å²) in [5.74, 6) is 0.771. The van der Waals surface area contributed by atoms with Crippen LogP contribution >= 0.6 is 0 Å². The third-order valence-electron chi connectivity index (χ3n) is 4.39. The average molecular weight is 270 g/mol. The fourth-order valence-electron chi connectivity index (χ4n) is 2.85. The number of nitrogens with zero attached hydrogens (tertiary/aromatic N) is 1. The number of ether oxygens (including phenoxy) is 1. The summed E-state index contributed by atoms with van der Waals surface area (Å²) in [6.45, 7) is 14.8. The van der Waals surface area contributed by atoms with Gasteiger partial charge in [0.05, 0.1) is 5.60 Å². The molecule has 1 aliphatic heterocycles. The van der Waals surface area contributed by atoms with E-state index in [4.69, 9.17) is 4.74 Å². The Labute approximate surface area is 120 Å². The molecule has 2 atom stereocenters. The van der Waals surface area contributed by atoms with Gasteiger partial charge in [0.15, 0.2) is 0 Å². The highest BCUT2D eigenvalue weighted by molar-refractivity contribution is 4.87. The van der Waals surface area contributed by atoms with Gasteiger partial charge in [0.2, 0.25) is 0 Å². The maximum Gasteiger partial charge on any atom is 0.0634 e. The molecule has 0 spiro atoms. The Bertz CT molecular complexity index is 253. The van der Waals surface area contributed by atoms with Crippen molar-refractivity contribution in [3.8, 4) is 0 Å². The first-order valence-corrected chi connectivity index (χ1v) is 7.90.